The molecule has 0 spiro atoms. The molecule has 3 heteroatoms. The molecule has 254 valence electrons. The van der Waals surface area contributed by atoms with Crippen LogP contribution in [-0.2, 0) is 0 Å². The standard InChI is InChI=1S/C51H35N3/c52-50(40-26-24-36(25-27-40)35-14-4-1-5-15-35)54-51(42-29-30-45(37-16-6-2-7-17-37)47(33-42)38-18-8-3-9-19-38)53-34-49-44-23-13-11-21-41(44)32-48-43-22-12-10-20-39(43)28-31-46(48)49/h1-34,52H. The third-order valence-corrected chi connectivity index (χ3v) is 10.1. The Kier molecular flexibility index (Phi) is 8.72. The van der Waals surface area contributed by atoms with Gasteiger partial charge in [0.1, 0.15) is 0 Å². The fourth-order valence-corrected chi connectivity index (χ4v) is 7.32. The highest BCUT2D eigenvalue weighted by molar-refractivity contribution is 6.22. The van der Waals surface area contributed by atoms with Crippen LogP contribution in [0.15, 0.2) is 210 Å². The molecule has 0 aliphatic carbocycles. The Morgan fingerprint density at radius 1 is 0.389 bits per heavy atom. The second kappa shape index (κ2) is 14.4. The van der Waals surface area contributed by atoms with Gasteiger partial charge in [-0.3, -0.25) is 5.41 Å². The molecule has 54 heavy (non-hydrogen) atoms. The Morgan fingerprint density at radius 3 is 1.65 bits per heavy atom. The van der Waals surface area contributed by atoms with E-state index in [0.717, 1.165) is 60.7 Å². The van der Waals surface area contributed by atoms with E-state index in [2.05, 4.69) is 146 Å². The second-order valence-corrected chi connectivity index (χ2v) is 13.4. The normalized spacial score (nSPS) is 11.8. The molecule has 0 saturated carbocycles. The molecule has 0 amide bonds. The van der Waals surface area contributed by atoms with E-state index in [-0.39, 0.29) is 5.84 Å². The molecule has 0 unspecified atom stereocenters. The number of fused-ring (bicyclic) bond motifs is 4. The van der Waals surface area contributed by atoms with E-state index in [4.69, 9.17) is 9.98 Å². The van der Waals surface area contributed by atoms with Crippen LogP contribution in [0.4, 0.5) is 0 Å². The summed E-state index contributed by atoms with van der Waals surface area (Å²) in [5.41, 5.74) is 9.20. The lowest BCUT2D eigenvalue weighted by Crippen LogP contribution is -2.05. The molecule has 0 aromatic heterocycles. The Balaban J connectivity index is 1.22. The van der Waals surface area contributed by atoms with Gasteiger partial charge in [0, 0.05) is 22.9 Å². The summed E-state index contributed by atoms with van der Waals surface area (Å²) in [6.07, 6.45) is 1.94. The van der Waals surface area contributed by atoms with Crippen molar-refractivity contribution in [3.8, 4) is 33.4 Å². The van der Waals surface area contributed by atoms with Crippen molar-refractivity contribution in [1.82, 2.24) is 0 Å². The number of nitrogens with zero attached hydrogens (tertiary/aromatic N) is 2. The van der Waals surface area contributed by atoms with Gasteiger partial charge < -0.3 is 0 Å². The third-order valence-electron chi connectivity index (χ3n) is 10.1. The van der Waals surface area contributed by atoms with Gasteiger partial charge in [-0.15, -0.1) is 0 Å². The van der Waals surface area contributed by atoms with Crippen LogP contribution in [0.5, 0.6) is 0 Å². The fraction of sp³-hybridized carbons (Fsp3) is 0. The van der Waals surface area contributed by atoms with E-state index >= 15 is 0 Å². The van der Waals surface area contributed by atoms with Gasteiger partial charge in [-0.05, 0) is 77.8 Å². The van der Waals surface area contributed by atoms with Crippen molar-refractivity contribution in [1.29, 1.82) is 5.41 Å². The molecule has 0 fully saturated rings. The van der Waals surface area contributed by atoms with Crippen LogP contribution in [0.2, 0.25) is 0 Å². The monoisotopic (exact) mass is 689 g/mol. The van der Waals surface area contributed by atoms with Crippen LogP contribution in [-0.4, -0.2) is 17.9 Å². The van der Waals surface area contributed by atoms with Gasteiger partial charge in [0.2, 0.25) is 0 Å². The van der Waals surface area contributed by atoms with Crippen LogP contribution < -0.4 is 0 Å². The number of benzene rings is 9. The van der Waals surface area contributed by atoms with Gasteiger partial charge in [-0.25, -0.2) is 9.98 Å². The number of hydrogen-bond acceptors (Lipinski definition) is 1. The van der Waals surface area contributed by atoms with E-state index in [1.807, 2.05) is 60.8 Å². The molecule has 0 aliphatic rings. The van der Waals surface area contributed by atoms with Gasteiger partial charge >= 0.3 is 0 Å². The summed E-state index contributed by atoms with van der Waals surface area (Å²) < 4.78 is 0. The van der Waals surface area contributed by atoms with Gasteiger partial charge in [0.05, 0.1) is 0 Å². The van der Waals surface area contributed by atoms with Crippen LogP contribution in [0.3, 0.4) is 0 Å². The van der Waals surface area contributed by atoms with Crippen LogP contribution in [0.25, 0.3) is 65.7 Å². The molecule has 0 heterocycles. The first kappa shape index (κ1) is 32.7. The predicted octanol–water partition coefficient (Wildman–Crippen LogP) is 13.0. The Hall–Kier alpha value is -7.23. The summed E-state index contributed by atoms with van der Waals surface area (Å²) in [6, 6.07) is 69.2. The van der Waals surface area contributed by atoms with E-state index < -0.39 is 0 Å². The second-order valence-electron chi connectivity index (χ2n) is 13.4. The van der Waals surface area contributed by atoms with Gasteiger partial charge in [0.15, 0.2) is 11.7 Å². The fourth-order valence-electron chi connectivity index (χ4n) is 7.32. The van der Waals surface area contributed by atoms with Crippen molar-refractivity contribution in [2.75, 3.05) is 0 Å². The number of amidine groups is 2. The highest BCUT2D eigenvalue weighted by atomic mass is 14.9. The van der Waals surface area contributed by atoms with Crippen molar-refractivity contribution < 1.29 is 0 Å². The molecular weight excluding hydrogens is 655 g/mol. The summed E-state index contributed by atoms with van der Waals surface area (Å²) in [6.45, 7) is 0. The van der Waals surface area contributed by atoms with Gasteiger partial charge in [-0.1, -0.05) is 188 Å². The van der Waals surface area contributed by atoms with Crippen molar-refractivity contribution in [3.05, 3.63) is 217 Å². The van der Waals surface area contributed by atoms with Crippen molar-refractivity contribution in [2.45, 2.75) is 0 Å². The lowest BCUT2D eigenvalue weighted by molar-refractivity contribution is 1.40. The van der Waals surface area contributed by atoms with Gasteiger partial charge in [0.25, 0.3) is 0 Å². The topological polar surface area (TPSA) is 48.6 Å². The van der Waals surface area contributed by atoms with E-state index in [1.54, 1.807) is 0 Å². The lowest BCUT2D eigenvalue weighted by atomic mass is 9.92. The lowest BCUT2D eigenvalue weighted by Gasteiger charge is -2.14. The molecule has 9 aromatic rings. The first-order chi connectivity index (χ1) is 26.7. The Morgan fingerprint density at radius 2 is 0.944 bits per heavy atom. The van der Waals surface area contributed by atoms with E-state index in [1.165, 1.54) is 16.2 Å². The zero-order chi connectivity index (χ0) is 36.3. The van der Waals surface area contributed by atoms with Crippen molar-refractivity contribution in [2.24, 2.45) is 9.98 Å². The van der Waals surface area contributed by atoms with Crippen LogP contribution in [0.1, 0.15) is 16.7 Å². The first-order valence-electron chi connectivity index (χ1n) is 18.2. The minimum Gasteiger partial charge on any atom is -0.282 e. The zero-order valence-electron chi connectivity index (χ0n) is 29.5. The van der Waals surface area contributed by atoms with Gasteiger partial charge in [-0.2, -0.15) is 0 Å². The number of aliphatic imine (C=N–C) groups is 2. The maximum atomic E-state index is 9.25. The molecule has 1 N–H and O–H groups in total. The van der Waals surface area contributed by atoms with Crippen molar-refractivity contribution >= 4 is 50.2 Å². The molecule has 0 aliphatic heterocycles. The quantitative estimate of drug-likeness (QED) is 0.0782. The predicted molar refractivity (Wildman–Crippen MR) is 229 cm³/mol. The minimum atomic E-state index is 0.143. The molecule has 0 radical (unpaired) electrons. The van der Waals surface area contributed by atoms with Crippen molar-refractivity contribution in [3.63, 3.8) is 0 Å². The SMILES string of the molecule is N=C(N=C(N=Cc1c2ccccc2cc2c1ccc1ccccc12)c1ccc(-c2ccccc2)c(-c2ccccc2)c1)c1ccc(-c2ccccc2)cc1. The largest absolute Gasteiger partial charge is 0.282 e. The maximum Gasteiger partial charge on any atom is 0.161 e. The highest BCUT2D eigenvalue weighted by Gasteiger charge is 2.14. The highest BCUT2D eigenvalue weighted by Crippen LogP contribution is 2.35. The van der Waals surface area contributed by atoms with E-state index in [9.17, 15) is 5.41 Å². The first-order valence-corrected chi connectivity index (χ1v) is 18.2. The Bertz CT molecular complexity index is 2860. The molecule has 9 aromatic carbocycles. The molecule has 0 bridgehead atoms. The minimum absolute atomic E-state index is 0.143. The number of nitrogens with one attached hydrogen (secondary N) is 1. The molecule has 0 atom stereocenters. The summed E-state index contributed by atoms with van der Waals surface area (Å²) >= 11 is 0. The smallest absolute Gasteiger partial charge is 0.161 e. The Labute approximate surface area is 314 Å². The zero-order valence-corrected chi connectivity index (χ0v) is 29.5. The third kappa shape index (κ3) is 6.40. The molecule has 9 rings (SSSR count). The summed E-state index contributed by atoms with van der Waals surface area (Å²) in [4.78, 5) is 10.2. The molecular formula is C51H35N3. The van der Waals surface area contributed by atoms with E-state index in [0.29, 0.717) is 11.4 Å². The number of hydrogen-bond donors (Lipinski definition) is 1. The average Bonchev–Trinajstić information content (AvgIpc) is 3.25. The van der Waals surface area contributed by atoms with Crippen LogP contribution >= 0.6 is 0 Å². The van der Waals surface area contributed by atoms with Crippen LogP contribution in [0, 0.1) is 5.41 Å². The molecule has 0 saturated heterocycles. The maximum absolute atomic E-state index is 9.25. The summed E-state index contributed by atoms with van der Waals surface area (Å²) in [7, 11) is 0. The summed E-state index contributed by atoms with van der Waals surface area (Å²) in [5.74, 6) is 0.606. The molecule has 3 nitrogen and oxygen atoms in total. The summed E-state index contributed by atoms with van der Waals surface area (Å²) in [5, 5.41) is 16.2. The number of rotatable bonds is 6. The average molecular weight is 690 g/mol.